The van der Waals surface area contributed by atoms with Crippen molar-refractivity contribution in [1.82, 2.24) is 5.32 Å². The second kappa shape index (κ2) is 4.97. The molecule has 0 radical (unpaired) electrons. The Bertz CT molecular complexity index is 595. The zero-order valence-corrected chi connectivity index (χ0v) is 10.8. The lowest BCUT2D eigenvalue weighted by Crippen LogP contribution is -2.36. The topological polar surface area (TPSA) is 51.5 Å². The van der Waals surface area contributed by atoms with Gasteiger partial charge in [0.25, 0.3) is 5.91 Å². The van der Waals surface area contributed by atoms with Gasteiger partial charge in [0.2, 0.25) is 0 Å². The number of furan rings is 1. The van der Waals surface area contributed by atoms with E-state index in [2.05, 4.69) is 5.32 Å². The van der Waals surface area contributed by atoms with E-state index in [-0.39, 0.29) is 5.91 Å². The second-order valence-corrected chi connectivity index (χ2v) is 4.80. The Kier molecular flexibility index (Phi) is 3.17. The van der Waals surface area contributed by atoms with Crippen molar-refractivity contribution in [3.8, 4) is 5.75 Å². The highest BCUT2D eigenvalue weighted by atomic mass is 35.5. The molecule has 3 rings (SSSR count). The molecule has 1 aromatic heterocycles. The van der Waals surface area contributed by atoms with Crippen LogP contribution in [0.25, 0.3) is 0 Å². The molecule has 1 aromatic carbocycles. The first-order valence-electron chi connectivity index (χ1n) is 5.97. The maximum absolute atomic E-state index is 12.0. The molecule has 0 unspecified atom stereocenters. The predicted octanol–water partition coefficient (Wildman–Crippen LogP) is 2.55. The summed E-state index contributed by atoms with van der Waals surface area (Å²) in [6, 6.07) is 8.97. The smallest absolute Gasteiger partial charge is 0.261 e. The summed E-state index contributed by atoms with van der Waals surface area (Å²) in [6.45, 7) is 0.364. The van der Waals surface area contributed by atoms with Crippen molar-refractivity contribution in [3.05, 3.63) is 52.9 Å². The van der Waals surface area contributed by atoms with Gasteiger partial charge in [0.15, 0.2) is 6.10 Å². The molecule has 1 N–H and O–H groups in total. The number of carbonyl (C=O) groups is 1. The Labute approximate surface area is 115 Å². The summed E-state index contributed by atoms with van der Waals surface area (Å²) in [5.74, 6) is 1.29. The number of benzene rings is 1. The van der Waals surface area contributed by atoms with Crippen molar-refractivity contribution in [1.29, 1.82) is 0 Å². The Morgan fingerprint density at radius 3 is 3.11 bits per heavy atom. The second-order valence-electron chi connectivity index (χ2n) is 4.36. The van der Waals surface area contributed by atoms with Gasteiger partial charge in [-0.05, 0) is 35.9 Å². The van der Waals surface area contributed by atoms with E-state index in [4.69, 9.17) is 20.8 Å². The minimum Gasteiger partial charge on any atom is -0.480 e. The first-order valence-corrected chi connectivity index (χ1v) is 6.35. The lowest BCUT2D eigenvalue weighted by Gasteiger charge is -2.10. The van der Waals surface area contributed by atoms with Crippen molar-refractivity contribution in [2.45, 2.75) is 19.1 Å². The number of rotatable bonds is 3. The molecule has 0 saturated carbocycles. The number of hydrogen-bond acceptors (Lipinski definition) is 3. The van der Waals surface area contributed by atoms with Crippen molar-refractivity contribution in [2.24, 2.45) is 0 Å². The molecule has 0 fully saturated rings. The van der Waals surface area contributed by atoms with Gasteiger partial charge in [-0.25, -0.2) is 0 Å². The maximum Gasteiger partial charge on any atom is 0.261 e. The van der Waals surface area contributed by atoms with Crippen molar-refractivity contribution < 1.29 is 13.9 Å². The van der Waals surface area contributed by atoms with E-state index in [1.807, 2.05) is 12.1 Å². The SMILES string of the molecule is O=C(NCc1ccco1)[C@@H]1Cc2cc(Cl)ccc2O1. The van der Waals surface area contributed by atoms with Gasteiger partial charge in [-0.3, -0.25) is 4.79 Å². The maximum atomic E-state index is 12.0. The van der Waals surface area contributed by atoms with Gasteiger partial charge in [-0.15, -0.1) is 0 Å². The highest BCUT2D eigenvalue weighted by Gasteiger charge is 2.29. The van der Waals surface area contributed by atoms with Gasteiger partial charge in [0, 0.05) is 11.4 Å². The standard InChI is InChI=1S/C14H12ClNO3/c15-10-3-4-12-9(6-10)7-13(19-12)14(17)16-8-11-2-1-5-18-11/h1-6,13H,7-8H2,(H,16,17)/t13-/m0/s1. The highest BCUT2D eigenvalue weighted by Crippen LogP contribution is 2.31. The minimum absolute atomic E-state index is 0.149. The van der Waals surface area contributed by atoms with Crippen LogP contribution in [-0.2, 0) is 17.8 Å². The van der Waals surface area contributed by atoms with Crippen molar-refractivity contribution in [2.75, 3.05) is 0 Å². The molecule has 1 aliphatic rings. The van der Waals surface area contributed by atoms with E-state index >= 15 is 0 Å². The van der Waals surface area contributed by atoms with Gasteiger partial charge in [-0.1, -0.05) is 11.6 Å². The summed E-state index contributed by atoms with van der Waals surface area (Å²) in [6.07, 6.45) is 1.62. The number of nitrogens with one attached hydrogen (secondary N) is 1. The summed E-state index contributed by atoms with van der Waals surface area (Å²) >= 11 is 5.91. The van der Waals surface area contributed by atoms with Crippen LogP contribution in [0.3, 0.4) is 0 Å². The predicted molar refractivity (Wildman–Crippen MR) is 70.1 cm³/mol. The van der Waals surface area contributed by atoms with Crippen LogP contribution in [0.2, 0.25) is 5.02 Å². The molecular formula is C14H12ClNO3. The average molecular weight is 278 g/mol. The molecular weight excluding hydrogens is 266 g/mol. The fraction of sp³-hybridized carbons (Fsp3) is 0.214. The Hall–Kier alpha value is -1.94. The van der Waals surface area contributed by atoms with Crippen LogP contribution >= 0.6 is 11.6 Å². The van der Waals surface area contributed by atoms with Crippen LogP contribution in [0.5, 0.6) is 5.75 Å². The zero-order chi connectivity index (χ0) is 13.2. The molecule has 5 heteroatoms. The van der Waals surface area contributed by atoms with Crippen LogP contribution in [-0.4, -0.2) is 12.0 Å². The molecule has 1 atom stereocenters. The first-order chi connectivity index (χ1) is 9.22. The molecule has 0 spiro atoms. The molecule has 2 aromatic rings. The van der Waals surface area contributed by atoms with Crippen LogP contribution in [0, 0.1) is 0 Å². The van der Waals surface area contributed by atoms with E-state index in [0.29, 0.717) is 23.7 Å². The van der Waals surface area contributed by atoms with E-state index in [1.165, 1.54) is 0 Å². The summed E-state index contributed by atoms with van der Waals surface area (Å²) in [7, 11) is 0. The molecule has 1 amide bonds. The fourth-order valence-corrected chi connectivity index (χ4v) is 2.26. The number of amides is 1. The minimum atomic E-state index is -0.497. The van der Waals surface area contributed by atoms with E-state index in [9.17, 15) is 4.79 Å². The van der Waals surface area contributed by atoms with Crippen molar-refractivity contribution in [3.63, 3.8) is 0 Å². The third-order valence-electron chi connectivity index (χ3n) is 3.01. The number of halogens is 1. The molecule has 4 nitrogen and oxygen atoms in total. The highest BCUT2D eigenvalue weighted by molar-refractivity contribution is 6.30. The Morgan fingerprint density at radius 2 is 2.32 bits per heavy atom. The van der Waals surface area contributed by atoms with E-state index < -0.39 is 6.10 Å². The third-order valence-corrected chi connectivity index (χ3v) is 3.24. The largest absolute Gasteiger partial charge is 0.480 e. The Morgan fingerprint density at radius 1 is 1.42 bits per heavy atom. The molecule has 98 valence electrons. The monoisotopic (exact) mass is 277 g/mol. The van der Waals surface area contributed by atoms with Gasteiger partial charge < -0.3 is 14.5 Å². The average Bonchev–Trinajstić information content (AvgIpc) is 3.04. The number of fused-ring (bicyclic) bond motifs is 1. The summed E-state index contributed by atoms with van der Waals surface area (Å²) in [5.41, 5.74) is 0.964. The van der Waals surface area contributed by atoms with Crippen LogP contribution in [0.1, 0.15) is 11.3 Å². The summed E-state index contributed by atoms with van der Waals surface area (Å²) < 4.78 is 10.7. The summed E-state index contributed by atoms with van der Waals surface area (Å²) in [5, 5.41) is 3.44. The third kappa shape index (κ3) is 2.58. The molecule has 0 aliphatic carbocycles. The van der Waals surface area contributed by atoms with Gasteiger partial charge >= 0.3 is 0 Å². The molecule has 0 saturated heterocycles. The first kappa shape index (κ1) is 12.1. The van der Waals surface area contributed by atoms with Crippen LogP contribution in [0.4, 0.5) is 0 Å². The zero-order valence-electron chi connectivity index (χ0n) is 10.1. The van der Waals surface area contributed by atoms with E-state index in [0.717, 1.165) is 11.3 Å². The molecule has 2 heterocycles. The van der Waals surface area contributed by atoms with Gasteiger partial charge in [0.1, 0.15) is 11.5 Å². The number of ether oxygens (including phenoxy) is 1. The lowest BCUT2D eigenvalue weighted by molar-refractivity contribution is -0.127. The lowest BCUT2D eigenvalue weighted by atomic mass is 10.1. The van der Waals surface area contributed by atoms with Crippen molar-refractivity contribution >= 4 is 17.5 Å². The normalized spacial score (nSPS) is 16.8. The fourth-order valence-electron chi connectivity index (χ4n) is 2.06. The number of hydrogen-bond donors (Lipinski definition) is 1. The van der Waals surface area contributed by atoms with Crippen LogP contribution < -0.4 is 10.1 Å². The van der Waals surface area contributed by atoms with Gasteiger partial charge in [0.05, 0.1) is 12.8 Å². The summed E-state index contributed by atoms with van der Waals surface area (Å²) in [4.78, 5) is 12.0. The van der Waals surface area contributed by atoms with E-state index in [1.54, 1.807) is 24.5 Å². The van der Waals surface area contributed by atoms with Crippen LogP contribution in [0.15, 0.2) is 41.0 Å². The molecule has 0 bridgehead atoms. The molecule has 1 aliphatic heterocycles. The number of carbonyl (C=O) groups excluding carboxylic acids is 1. The Balaban J connectivity index is 1.61. The van der Waals surface area contributed by atoms with Gasteiger partial charge in [-0.2, -0.15) is 0 Å². The molecule has 19 heavy (non-hydrogen) atoms. The quantitative estimate of drug-likeness (QED) is 0.938.